The van der Waals surface area contributed by atoms with Crippen molar-refractivity contribution in [3.63, 3.8) is 0 Å². The second-order valence-electron chi connectivity index (χ2n) is 5.88. The third-order valence-electron chi connectivity index (χ3n) is 4.24. The molecule has 1 heterocycles. The molecule has 1 atom stereocenters. The first-order valence-electron chi connectivity index (χ1n) is 7.67. The number of benzene rings is 1. The molecule has 1 aromatic carbocycles. The zero-order valence-corrected chi connectivity index (χ0v) is 12.2. The minimum Gasteiger partial charge on any atom is -0.370 e. The van der Waals surface area contributed by atoms with Crippen LogP contribution in [0.5, 0.6) is 0 Å². The van der Waals surface area contributed by atoms with Gasteiger partial charge in [0.15, 0.2) is 5.96 Å². The van der Waals surface area contributed by atoms with Gasteiger partial charge in [0.1, 0.15) is 0 Å². The first kappa shape index (κ1) is 13.9. The molecule has 4 N–H and O–H groups in total. The van der Waals surface area contributed by atoms with Crippen LogP contribution < -0.4 is 16.4 Å². The van der Waals surface area contributed by atoms with Crippen molar-refractivity contribution in [3.8, 4) is 0 Å². The van der Waals surface area contributed by atoms with Gasteiger partial charge in [0, 0.05) is 31.1 Å². The molecule has 0 radical (unpaired) electrons. The van der Waals surface area contributed by atoms with Gasteiger partial charge in [0.25, 0.3) is 0 Å². The summed E-state index contributed by atoms with van der Waals surface area (Å²) in [7, 11) is 0. The summed E-state index contributed by atoms with van der Waals surface area (Å²) in [5.74, 6) is 0.815. The van der Waals surface area contributed by atoms with Gasteiger partial charge in [0.2, 0.25) is 5.91 Å². The molecule has 3 rings (SSSR count). The summed E-state index contributed by atoms with van der Waals surface area (Å²) in [5, 5.41) is 6.04. The van der Waals surface area contributed by atoms with E-state index >= 15 is 0 Å². The van der Waals surface area contributed by atoms with E-state index < -0.39 is 0 Å². The molecule has 2 aliphatic rings. The average Bonchev–Trinajstić information content (AvgIpc) is 2.91. The molecule has 5 nitrogen and oxygen atoms in total. The zero-order chi connectivity index (χ0) is 14.7. The number of anilines is 1. The fourth-order valence-corrected chi connectivity index (χ4v) is 3.10. The smallest absolute Gasteiger partial charge is 0.220 e. The zero-order valence-electron chi connectivity index (χ0n) is 12.2. The molecule has 1 unspecified atom stereocenters. The van der Waals surface area contributed by atoms with Crippen molar-refractivity contribution in [3.05, 3.63) is 29.3 Å². The second kappa shape index (κ2) is 6.16. The Morgan fingerprint density at radius 2 is 2.24 bits per heavy atom. The van der Waals surface area contributed by atoms with Crippen molar-refractivity contribution >= 4 is 17.6 Å². The highest BCUT2D eigenvalue weighted by atomic mass is 16.1. The number of nitrogens with one attached hydrogen (secondary N) is 2. The Morgan fingerprint density at radius 1 is 1.38 bits per heavy atom. The molecular formula is C16H22N4O. The lowest BCUT2D eigenvalue weighted by atomic mass is 9.90. The van der Waals surface area contributed by atoms with Crippen LogP contribution in [0.3, 0.4) is 0 Å². The maximum atomic E-state index is 11.1. The largest absolute Gasteiger partial charge is 0.370 e. The number of amides is 1. The van der Waals surface area contributed by atoms with Gasteiger partial charge in [-0.25, -0.2) is 0 Å². The Bertz CT molecular complexity index is 567. The monoisotopic (exact) mass is 286 g/mol. The van der Waals surface area contributed by atoms with Crippen LogP contribution in [0.15, 0.2) is 23.2 Å². The van der Waals surface area contributed by atoms with E-state index in [0.717, 1.165) is 18.5 Å². The van der Waals surface area contributed by atoms with E-state index in [1.54, 1.807) is 0 Å². The van der Waals surface area contributed by atoms with Crippen LogP contribution in [-0.4, -0.2) is 25.0 Å². The topological polar surface area (TPSA) is 79.5 Å². The second-order valence-corrected chi connectivity index (χ2v) is 5.88. The van der Waals surface area contributed by atoms with Crippen molar-refractivity contribution in [2.24, 2.45) is 16.6 Å². The molecule has 0 saturated carbocycles. The number of carbonyl (C=O) groups is 1. The van der Waals surface area contributed by atoms with Crippen LogP contribution in [-0.2, 0) is 17.6 Å². The van der Waals surface area contributed by atoms with Gasteiger partial charge in [-0.1, -0.05) is 12.1 Å². The van der Waals surface area contributed by atoms with Gasteiger partial charge in [-0.05, 0) is 42.9 Å². The maximum absolute atomic E-state index is 11.1. The van der Waals surface area contributed by atoms with Gasteiger partial charge in [0.05, 0.1) is 0 Å². The molecule has 0 aromatic heterocycles. The number of hydrogen-bond acceptors (Lipinski definition) is 2. The molecular weight excluding hydrogens is 264 g/mol. The Balaban J connectivity index is 1.64. The van der Waals surface area contributed by atoms with E-state index in [1.807, 2.05) is 0 Å². The highest BCUT2D eigenvalue weighted by molar-refractivity contribution is 5.93. The number of aryl methyl sites for hydroxylation is 1. The van der Waals surface area contributed by atoms with Gasteiger partial charge < -0.3 is 16.4 Å². The number of rotatable bonds is 3. The highest BCUT2D eigenvalue weighted by Crippen LogP contribution is 2.27. The van der Waals surface area contributed by atoms with Gasteiger partial charge in [-0.2, -0.15) is 0 Å². The predicted molar refractivity (Wildman–Crippen MR) is 84.3 cm³/mol. The Morgan fingerprint density at radius 3 is 3.05 bits per heavy atom. The van der Waals surface area contributed by atoms with Crippen molar-refractivity contribution in [2.75, 3.05) is 18.4 Å². The first-order chi connectivity index (χ1) is 10.2. The van der Waals surface area contributed by atoms with Crippen LogP contribution in [0.4, 0.5) is 5.69 Å². The van der Waals surface area contributed by atoms with E-state index in [0.29, 0.717) is 25.5 Å². The number of carbonyl (C=O) groups excluding carboxylic acids is 1. The molecule has 5 heteroatoms. The molecule has 21 heavy (non-hydrogen) atoms. The summed E-state index contributed by atoms with van der Waals surface area (Å²) in [6.07, 6.45) is 5.31. The Kier molecular flexibility index (Phi) is 4.08. The minimum absolute atomic E-state index is 0.110. The van der Waals surface area contributed by atoms with Crippen LogP contribution in [0.25, 0.3) is 0 Å². The van der Waals surface area contributed by atoms with E-state index in [9.17, 15) is 4.79 Å². The molecule has 112 valence electrons. The van der Waals surface area contributed by atoms with Crippen LogP contribution >= 0.6 is 0 Å². The number of nitrogens with two attached hydrogens (primary N) is 1. The van der Waals surface area contributed by atoms with E-state index in [2.05, 4.69) is 33.8 Å². The molecule has 1 saturated heterocycles. The summed E-state index contributed by atoms with van der Waals surface area (Å²) < 4.78 is 0. The van der Waals surface area contributed by atoms with Crippen molar-refractivity contribution in [2.45, 2.75) is 32.1 Å². The lowest BCUT2D eigenvalue weighted by molar-refractivity contribution is -0.119. The van der Waals surface area contributed by atoms with E-state index in [-0.39, 0.29) is 11.8 Å². The lowest BCUT2D eigenvalue weighted by Gasteiger charge is -2.20. The molecule has 1 fully saturated rings. The fourth-order valence-electron chi connectivity index (χ4n) is 3.10. The Labute approximate surface area is 125 Å². The van der Waals surface area contributed by atoms with Crippen LogP contribution in [0, 0.1) is 5.92 Å². The number of aliphatic imine (C=N–C) groups is 1. The Hall–Kier alpha value is -2.04. The third kappa shape index (κ3) is 3.35. The molecule has 1 amide bonds. The summed E-state index contributed by atoms with van der Waals surface area (Å²) in [5.41, 5.74) is 9.86. The first-order valence-corrected chi connectivity index (χ1v) is 7.67. The van der Waals surface area contributed by atoms with Crippen LogP contribution in [0.2, 0.25) is 0 Å². The maximum Gasteiger partial charge on any atom is 0.220 e. The summed E-state index contributed by atoms with van der Waals surface area (Å²) >= 11 is 0. The van der Waals surface area contributed by atoms with Crippen LogP contribution in [0.1, 0.15) is 30.4 Å². The molecule has 1 aliphatic carbocycles. The lowest BCUT2D eigenvalue weighted by Crippen LogP contribution is -2.25. The molecule has 0 spiro atoms. The number of guanidine groups is 1. The SMILES string of the molecule is NC(=NCC1CNC(=O)C1)Nc1cccc2c1CCCC2. The third-order valence-corrected chi connectivity index (χ3v) is 4.24. The minimum atomic E-state index is 0.110. The van der Waals surface area contributed by atoms with Crippen molar-refractivity contribution in [1.29, 1.82) is 0 Å². The number of fused-ring (bicyclic) bond motifs is 1. The summed E-state index contributed by atoms with van der Waals surface area (Å²) in [6, 6.07) is 6.33. The summed E-state index contributed by atoms with van der Waals surface area (Å²) in [4.78, 5) is 15.5. The normalized spacial score (nSPS) is 21.8. The fraction of sp³-hybridized carbons (Fsp3) is 0.500. The molecule has 0 bridgehead atoms. The quantitative estimate of drug-likeness (QED) is 0.581. The number of hydrogen-bond donors (Lipinski definition) is 3. The van der Waals surface area contributed by atoms with Crippen molar-refractivity contribution in [1.82, 2.24) is 5.32 Å². The number of nitrogens with zero attached hydrogens (tertiary/aromatic N) is 1. The van der Waals surface area contributed by atoms with Gasteiger partial charge >= 0.3 is 0 Å². The standard InChI is InChI=1S/C16H22N4O/c17-16(19-10-11-8-15(21)18-9-11)20-14-7-3-5-12-4-1-2-6-13(12)14/h3,5,7,11H,1-2,4,6,8-10H2,(H,18,21)(H3,17,19,20). The van der Waals surface area contributed by atoms with Crippen molar-refractivity contribution < 1.29 is 4.79 Å². The van der Waals surface area contributed by atoms with E-state index in [1.165, 1.54) is 24.0 Å². The van der Waals surface area contributed by atoms with Gasteiger partial charge in [-0.3, -0.25) is 9.79 Å². The predicted octanol–water partition coefficient (Wildman–Crippen LogP) is 1.43. The van der Waals surface area contributed by atoms with Gasteiger partial charge in [-0.15, -0.1) is 0 Å². The van der Waals surface area contributed by atoms with E-state index in [4.69, 9.17) is 5.73 Å². The highest BCUT2D eigenvalue weighted by Gasteiger charge is 2.21. The molecule has 1 aromatic rings. The average molecular weight is 286 g/mol. The summed E-state index contributed by atoms with van der Waals surface area (Å²) in [6.45, 7) is 1.29. The molecule has 1 aliphatic heterocycles.